The summed E-state index contributed by atoms with van der Waals surface area (Å²) in [5, 5.41) is 0. The van der Waals surface area contributed by atoms with Crippen LogP contribution in [0.15, 0.2) is 30.3 Å². The molecular formula is C7H10NO4P. The molecule has 0 bridgehead atoms. The zero-order valence-corrected chi connectivity index (χ0v) is 7.90. The van der Waals surface area contributed by atoms with E-state index in [4.69, 9.17) is 4.89 Å². The monoisotopic (exact) mass is 203 g/mol. The van der Waals surface area contributed by atoms with Gasteiger partial charge in [0.25, 0.3) is 0 Å². The van der Waals surface area contributed by atoms with Crippen molar-refractivity contribution in [2.75, 3.05) is 7.05 Å². The Morgan fingerprint density at radius 1 is 1.38 bits per heavy atom. The summed E-state index contributed by atoms with van der Waals surface area (Å²) in [5.74, 6) is 0.281. The van der Waals surface area contributed by atoms with Crippen LogP contribution in [0.25, 0.3) is 0 Å². The molecule has 0 aliphatic heterocycles. The predicted molar refractivity (Wildman–Crippen MR) is 47.0 cm³/mol. The van der Waals surface area contributed by atoms with Crippen LogP contribution in [-0.4, -0.2) is 11.9 Å². The molecule has 5 nitrogen and oxygen atoms in total. The van der Waals surface area contributed by atoms with E-state index in [0.29, 0.717) is 0 Å². The summed E-state index contributed by atoms with van der Waals surface area (Å²) in [6.45, 7) is 0. The summed E-state index contributed by atoms with van der Waals surface area (Å²) < 4.78 is 20.0. The topological polar surface area (TPSA) is 67.8 Å². The molecule has 0 saturated heterocycles. The first-order chi connectivity index (χ1) is 6.14. The maximum absolute atomic E-state index is 11.0. The first-order valence-electron chi connectivity index (χ1n) is 3.57. The van der Waals surface area contributed by atoms with Crippen LogP contribution in [0.2, 0.25) is 0 Å². The Hall–Kier alpha value is -0.870. The number of phosphoric ester groups is 1. The van der Waals surface area contributed by atoms with Crippen LogP contribution in [0, 0.1) is 0 Å². The molecule has 0 spiro atoms. The molecule has 0 amide bonds. The van der Waals surface area contributed by atoms with Gasteiger partial charge < -0.3 is 4.52 Å². The number of nitrogens with one attached hydrogen (secondary N) is 1. The molecule has 1 unspecified atom stereocenters. The smallest absolute Gasteiger partial charge is 0.403 e. The molecule has 6 heteroatoms. The minimum absolute atomic E-state index is 0.281. The van der Waals surface area contributed by atoms with Crippen molar-refractivity contribution in [3.8, 4) is 5.75 Å². The average Bonchev–Trinajstić information content (AvgIpc) is 2.04. The number of para-hydroxylation sites is 1. The highest BCUT2D eigenvalue weighted by molar-refractivity contribution is 7.47. The summed E-state index contributed by atoms with van der Waals surface area (Å²) in [6.07, 6.45) is 0. The molecule has 1 rings (SSSR count). The van der Waals surface area contributed by atoms with Crippen molar-refractivity contribution >= 4 is 7.82 Å². The number of hydrogen-bond acceptors (Lipinski definition) is 4. The van der Waals surface area contributed by atoms with Crippen LogP contribution >= 0.6 is 7.82 Å². The Kier molecular flexibility index (Phi) is 3.45. The van der Waals surface area contributed by atoms with Crippen molar-refractivity contribution < 1.29 is 18.6 Å². The molecule has 13 heavy (non-hydrogen) atoms. The summed E-state index contributed by atoms with van der Waals surface area (Å²) >= 11 is 0. The summed E-state index contributed by atoms with van der Waals surface area (Å²) in [4.78, 5) is 9.02. The first kappa shape index (κ1) is 10.2. The third-order valence-corrected chi connectivity index (χ3v) is 2.03. The average molecular weight is 203 g/mol. The molecule has 1 atom stereocenters. The van der Waals surface area contributed by atoms with Crippen molar-refractivity contribution in [1.29, 1.82) is 0 Å². The van der Waals surface area contributed by atoms with Crippen LogP contribution in [-0.2, 0) is 9.19 Å². The Morgan fingerprint density at radius 3 is 2.54 bits per heavy atom. The lowest BCUT2D eigenvalue weighted by molar-refractivity contribution is 0.146. The standard InChI is InChI=1S/C7H10NO4P/c1-8-12-13(9,10)11-7-5-3-2-4-6-7/h2-6,8H,1H3,(H,9,10). The van der Waals surface area contributed by atoms with E-state index in [1.807, 2.05) is 0 Å². The van der Waals surface area contributed by atoms with Crippen LogP contribution < -0.4 is 10.0 Å². The lowest BCUT2D eigenvalue weighted by Crippen LogP contribution is -2.08. The molecule has 1 aromatic carbocycles. The van der Waals surface area contributed by atoms with E-state index < -0.39 is 7.82 Å². The SMILES string of the molecule is CNOP(=O)(O)Oc1ccccc1. The van der Waals surface area contributed by atoms with Gasteiger partial charge in [-0.25, -0.2) is 4.57 Å². The number of hydroxylamine groups is 1. The van der Waals surface area contributed by atoms with Crippen molar-refractivity contribution in [3.63, 3.8) is 0 Å². The fraction of sp³-hybridized carbons (Fsp3) is 0.143. The third-order valence-electron chi connectivity index (χ3n) is 1.17. The largest absolute Gasteiger partial charge is 0.544 e. The van der Waals surface area contributed by atoms with E-state index in [-0.39, 0.29) is 5.75 Å². The Labute approximate surface area is 75.9 Å². The van der Waals surface area contributed by atoms with E-state index in [9.17, 15) is 4.57 Å². The molecule has 2 N–H and O–H groups in total. The molecule has 72 valence electrons. The Morgan fingerprint density at radius 2 is 2.00 bits per heavy atom. The van der Waals surface area contributed by atoms with Crippen LogP contribution in [0.4, 0.5) is 0 Å². The lowest BCUT2D eigenvalue weighted by atomic mass is 10.3. The van der Waals surface area contributed by atoms with Gasteiger partial charge >= 0.3 is 7.82 Å². The van der Waals surface area contributed by atoms with E-state index in [1.54, 1.807) is 30.3 Å². The second-order valence-electron chi connectivity index (χ2n) is 2.17. The molecule has 0 saturated carbocycles. The van der Waals surface area contributed by atoms with E-state index in [1.165, 1.54) is 7.05 Å². The second kappa shape index (κ2) is 4.39. The Balaban J connectivity index is 2.64. The van der Waals surface area contributed by atoms with Crippen LogP contribution in [0.1, 0.15) is 0 Å². The zero-order valence-electron chi connectivity index (χ0n) is 7.01. The quantitative estimate of drug-likeness (QED) is 0.570. The van der Waals surface area contributed by atoms with Gasteiger partial charge in [-0.2, -0.15) is 10.1 Å². The van der Waals surface area contributed by atoms with Crippen molar-refractivity contribution in [2.24, 2.45) is 0 Å². The number of benzene rings is 1. The van der Waals surface area contributed by atoms with Gasteiger partial charge in [0.2, 0.25) is 0 Å². The highest BCUT2D eigenvalue weighted by Crippen LogP contribution is 2.42. The van der Waals surface area contributed by atoms with Crippen molar-refractivity contribution in [2.45, 2.75) is 0 Å². The second-order valence-corrected chi connectivity index (χ2v) is 3.47. The van der Waals surface area contributed by atoms with Crippen molar-refractivity contribution in [1.82, 2.24) is 5.48 Å². The first-order valence-corrected chi connectivity index (χ1v) is 5.06. The summed E-state index contributed by atoms with van der Waals surface area (Å²) in [6, 6.07) is 8.27. The lowest BCUT2D eigenvalue weighted by Gasteiger charge is -2.10. The Bertz CT molecular complexity index is 303. The normalized spacial score (nSPS) is 14.9. The van der Waals surface area contributed by atoms with Gasteiger partial charge in [-0.15, -0.1) is 0 Å². The summed E-state index contributed by atoms with van der Waals surface area (Å²) in [7, 11) is -2.65. The van der Waals surface area contributed by atoms with Crippen molar-refractivity contribution in [3.05, 3.63) is 30.3 Å². The predicted octanol–water partition coefficient (Wildman–Crippen LogP) is 1.32. The molecular weight excluding hydrogens is 193 g/mol. The molecule has 0 fully saturated rings. The van der Waals surface area contributed by atoms with Crippen LogP contribution in [0.3, 0.4) is 0 Å². The van der Waals surface area contributed by atoms with Gasteiger partial charge in [0, 0.05) is 7.05 Å². The minimum Gasteiger partial charge on any atom is -0.403 e. The van der Waals surface area contributed by atoms with Gasteiger partial charge in [-0.1, -0.05) is 18.2 Å². The molecule has 0 aliphatic rings. The van der Waals surface area contributed by atoms with E-state index in [0.717, 1.165) is 0 Å². The number of phosphoric acid groups is 1. The highest BCUT2D eigenvalue weighted by Gasteiger charge is 2.22. The van der Waals surface area contributed by atoms with Gasteiger partial charge in [-0.05, 0) is 12.1 Å². The molecule has 1 aromatic rings. The zero-order chi connectivity index (χ0) is 9.73. The fourth-order valence-corrected chi connectivity index (χ4v) is 1.40. The van der Waals surface area contributed by atoms with Gasteiger partial charge in [-0.3, -0.25) is 4.89 Å². The molecule has 0 heterocycles. The molecule has 0 aromatic heterocycles. The number of rotatable bonds is 4. The highest BCUT2D eigenvalue weighted by atomic mass is 31.2. The molecule has 0 aliphatic carbocycles. The minimum atomic E-state index is -4.03. The maximum atomic E-state index is 11.0. The van der Waals surface area contributed by atoms with E-state index in [2.05, 4.69) is 14.6 Å². The summed E-state index contributed by atoms with van der Waals surface area (Å²) in [5.41, 5.74) is 2.09. The van der Waals surface area contributed by atoms with Crippen LogP contribution in [0.5, 0.6) is 5.75 Å². The fourth-order valence-electron chi connectivity index (χ4n) is 0.749. The van der Waals surface area contributed by atoms with Gasteiger partial charge in [0.15, 0.2) is 0 Å². The van der Waals surface area contributed by atoms with Gasteiger partial charge in [0.05, 0.1) is 0 Å². The number of hydrogen-bond donors (Lipinski definition) is 2. The molecule has 0 radical (unpaired) electrons. The maximum Gasteiger partial charge on any atom is 0.544 e. The van der Waals surface area contributed by atoms with E-state index >= 15 is 0 Å². The third kappa shape index (κ3) is 3.57. The van der Waals surface area contributed by atoms with Gasteiger partial charge in [0.1, 0.15) is 5.75 Å².